The van der Waals surface area contributed by atoms with E-state index in [4.69, 9.17) is 0 Å². The Bertz CT molecular complexity index is 297. The van der Waals surface area contributed by atoms with Crippen LogP contribution in [0.1, 0.15) is 58.3 Å². The van der Waals surface area contributed by atoms with E-state index in [1.807, 2.05) is 7.05 Å². The normalized spacial score (nSPS) is 22.0. The highest BCUT2D eigenvalue weighted by atomic mass is 35.5. The van der Waals surface area contributed by atoms with E-state index < -0.39 is 0 Å². The van der Waals surface area contributed by atoms with E-state index in [1.54, 1.807) is 0 Å². The second-order valence-corrected chi connectivity index (χ2v) is 6.51. The first-order chi connectivity index (χ1) is 9.22. The van der Waals surface area contributed by atoms with Crippen molar-refractivity contribution >= 4 is 18.3 Å². The van der Waals surface area contributed by atoms with Gasteiger partial charge in [0.15, 0.2) is 0 Å². The number of amides is 1. The van der Waals surface area contributed by atoms with E-state index in [1.165, 1.54) is 25.7 Å². The van der Waals surface area contributed by atoms with Crippen LogP contribution in [-0.4, -0.2) is 37.5 Å². The van der Waals surface area contributed by atoms with Crippen LogP contribution in [0.2, 0.25) is 0 Å². The fourth-order valence-corrected chi connectivity index (χ4v) is 3.76. The quantitative estimate of drug-likeness (QED) is 0.817. The lowest BCUT2D eigenvalue weighted by Gasteiger charge is -2.45. The molecule has 3 nitrogen and oxygen atoms in total. The largest absolute Gasteiger partial charge is 0.342 e. The van der Waals surface area contributed by atoms with Crippen LogP contribution in [0.4, 0.5) is 0 Å². The van der Waals surface area contributed by atoms with Crippen molar-refractivity contribution in [2.75, 3.05) is 26.7 Å². The molecule has 118 valence electrons. The smallest absolute Gasteiger partial charge is 0.228 e. The second-order valence-electron chi connectivity index (χ2n) is 6.51. The lowest BCUT2D eigenvalue weighted by atomic mass is 9.65. The van der Waals surface area contributed by atoms with Gasteiger partial charge in [0, 0.05) is 18.5 Å². The summed E-state index contributed by atoms with van der Waals surface area (Å²) < 4.78 is 0. The Morgan fingerprint density at radius 1 is 1.30 bits per heavy atom. The Balaban J connectivity index is 0.00000200. The third kappa shape index (κ3) is 3.88. The van der Waals surface area contributed by atoms with Gasteiger partial charge in [-0.25, -0.2) is 0 Å². The molecule has 0 aromatic heterocycles. The highest BCUT2D eigenvalue weighted by molar-refractivity contribution is 5.85. The molecule has 1 N–H and O–H groups in total. The molecule has 2 rings (SSSR count). The van der Waals surface area contributed by atoms with E-state index in [9.17, 15) is 4.79 Å². The average molecular weight is 303 g/mol. The number of nitrogens with one attached hydrogen (secondary N) is 1. The van der Waals surface area contributed by atoms with Gasteiger partial charge >= 0.3 is 0 Å². The minimum atomic E-state index is 0. The molecular weight excluding hydrogens is 272 g/mol. The Morgan fingerprint density at radius 2 is 1.95 bits per heavy atom. The summed E-state index contributed by atoms with van der Waals surface area (Å²) in [5.41, 5.74) is 0.0482. The molecule has 1 heterocycles. The fourth-order valence-electron chi connectivity index (χ4n) is 3.76. The van der Waals surface area contributed by atoms with Crippen LogP contribution in [-0.2, 0) is 4.79 Å². The van der Waals surface area contributed by atoms with E-state index in [2.05, 4.69) is 17.1 Å². The second kappa shape index (κ2) is 8.23. The molecule has 0 bridgehead atoms. The van der Waals surface area contributed by atoms with Gasteiger partial charge in [-0.05, 0) is 58.0 Å². The molecule has 0 spiro atoms. The van der Waals surface area contributed by atoms with Gasteiger partial charge < -0.3 is 10.2 Å². The van der Waals surface area contributed by atoms with Gasteiger partial charge in [-0.15, -0.1) is 12.4 Å². The molecule has 0 aromatic rings. The van der Waals surface area contributed by atoms with Crippen LogP contribution >= 0.6 is 12.4 Å². The molecule has 2 aliphatic rings. The van der Waals surface area contributed by atoms with Crippen LogP contribution in [0, 0.1) is 11.3 Å². The molecule has 1 aliphatic carbocycles. The van der Waals surface area contributed by atoms with Crippen molar-refractivity contribution < 1.29 is 4.79 Å². The topological polar surface area (TPSA) is 32.3 Å². The first-order valence-electron chi connectivity index (χ1n) is 8.16. The zero-order chi connectivity index (χ0) is 13.7. The van der Waals surface area contributed by atoms with Gasteiger partial charge in [0.05, 0.1) is 0 Å². The van der Waals surface area contributed by atoms with Crippen LogP contribution in [0.15, 0.2) is 0 Å². The van der Waals surface area contributed by atoms with Crippen molar-refractivity contribution in [3.05, 3.63) is 0 Å². The van der Waals surface area contributed by atoms with Gasteiger partial charge in [0.2, 0.25) is 5.91 Å². The number of carbonyl (C=O) groups is 1. The highest BCUT2D eigenvalue weighted by Crippen LogP contribution is 2.46. The van der Waals surface area contributed by atoms with Crippen molar-refractivity contribution in [3.8, 4) is 0 Å². The van der Waals surface area contributed by atoms with Gasteiger partial charge in [0.25, 0.3) is 0 Å². The maximum atomic E-state index is 12.7. The minimum Gasteiger partial charge on any atom is -0.342 e. The third-order valence-electron chi connectivity index (χ3n) is 5.20. The summed E-state index contributed by atoms with van der Waals surface area (Å²) in [7, 11) is 2.02. The minimum absolute atomic E-state index is 0. The van der Waals surface area contributed by atoms with Crippen molar-refractivity contribution in [1.29, 1.82) is 0 Å². The molecule has 0 aromatic carbocycles. The van der Waals surface area contributed by atoms with Crippen LogP contribution < -0.4 is 5.32 Å². The molecule has 1 saturated heterocycles. The maximum Gasteiger partial charge on any atom is 0.228 e. The number of carbonyl (C=O) groups excluding carboxylic acids is 1. The number of rotatable bonds is 6. The first-order valence-corrected chi connectivity index (χ1v) is 8.16. The van der Waals surface area contributed by atoms with Gasteiger partial charge in [-0.2, -0.15) is 0 Å². The molecule has 4 heteroatoms. The third-order valence-corrected chi connectivity index (χ3v) is 5.20. The maximum absolute atomic E-state index is 12.7. The van der Waals surface area contributed by atoms with Crippen molar-refractivity contribution in [2.24, 2.45) is 11.3 Å². The number of likely N-dealkylation sites (tertiary alicyclic amines) is 1. The van der Waals surface area contributed by atoms with Gasteiger partial charge in [-0.3, -0.25) is 4.79 Å². The predicted octanol–water partition coefficient (Wildman–Crippen LogP) is 3.23. The van der Waals surface area contributed by atoms with Gasteiger partial charge in [-0.1, -0.05) is 19.8 Å². The zero-order valence-electron chi connectivity index (χ0n) is 13.1. The number of halogens is 1. The molecule has 2 fully saturated rings. The first kappa shape index (κ1) is 17.8. The SMILES string of the molecule is CCCC1(C(=O)N2CCC(CCNC)CC2)CCC1.Cl. The summed E-state index contributed by atoms with van der Waals surface area (Å²) in [4.78, 5) is 14.9. The molecule has 1 aliphatic heterocycles. The molecule has 0 unspecified atom stereocenters. The summed E-state index contributed by atoms with van der Waals surface area (Å²) in [6.45, 7) is 5.31. The van der Waals surface area contributed by atoms with Crippen LogP contribution in [0.5, 0.6) is 0 Å². The Labute approximate surface area is 130 Å². The summed E-state index contributed by atoms with van der Waals surface area (Å²) in [5.74, 6) is 1.30. The molecule has 0 atom stereocenters. The summed E-state index contributed by atoms with van der Waals surface area (Å²) in [6.07, 6.45) is 9.45. The number of hydrogen-bond acceptors (Lipinski definition) is 2. The van der Waals surface area contributed by atoms with E-state index in [0.29, 0.717) is 5.91 Å². The number of nitrogens with zero attached hydrogens (tertiary/aromatic N) is 1. The molecule has 0 radical (unpaired) electrons. The average Bonchev–Trinajstić information content (AvgIpc) is 2.40. The predicted molar refractivity (Wildman–Crippen MR) is 86.3 cm³/mol. The number of hydrogen-bond donors (Lipinski definition) is 1. The van der Waals surface area contributed by atoms with E-state index in [0.717, 1.165) is 51.2 Å². The monoisotopic (exact) mass is 302 g/mol. The summed E-state index contributed by atoms with van der Waals surface area (Å²) in [6, 6.07) is 0. The summed E-state index contributed by atoms with van der Waals surface area (Å²) >= 11 is 0. The van der Waals surface area contributed by atoms with Crippen molar-refractivity contribution in [1.82, 2.24) is 10.2 Å². The molecule has 1 saturated carbocycles. The van der Waals surface area contributed by atoms with E-state index >= 15 is 0 Å². The molecule has 1 amide bonds. The fraction of sp³-hybridized carbons (Fsp3) is 0.938. The lowest BCUT2D eigenvalue weighted by Crippen LogP contribution is -2.50. The lowest BCUT2D eigenvalue weighted by molar-refractivity contribution is -0.149. The van der Waals surface area contributed by atoms with Crippen molar-refractivity contribution in [2.45, 2.75) is 58.3 Å². The van der Waals surface area contributed by atoms with Gasteiger partial charge in [0.1, 0.15) is 0 Å². The zero-order valence-corrected chi connectivity index (χ0v) is 13.9. The number of piperidine rings is 1. The highest BCUT2D eigenvalue weighted by Gasteiger charge is 2.45. The Kier molecular flexibility index (Phi) is 7.32. The summed E-state index contributed by atoms with van der Waals surface area (Å²) in [5, 5.41) is 3.23. The van der Waals surface area contributed by atoms with E-state index in [-0.39, 0.29) is 17.8 Å². The molecular formula is C16H31ClN2O. The standard InChI is InChI=1S/C16H30N2O.ClH/c1-3-8-16(9-4-10-16)15(19)18-12-6-14(7-13-18)5-11-17-2;/h14,17H,3-13H2,1-2H3;1H. The molecule has 20 heavy (non-hydrogen) atoms. The Morgan fingerprint density at radius 3 is 2.40 bits per heavy atom. The van der Waals surface area contributed by atoms with Crippen molar-refractivity contribution in [3.63, 3.8) is 0 Å². The van der Waals surface area contributed by atoms with Crippen LogP contribution in [0.3, 0.4) is 0 Å². The Hall–Kier alpha value is -0.280. The van der Waals surface area contributed by atoms with Crippen LogP contribution in [0.25, 0.3) is 0 Å².